The summed E-state index contributed by atoms with van der Waals surface area (Å²) >= 11 is 0. The molecule has 0 N–H and O–H groups in total. The number of carbonyl (C=O) groups is 1. The maximum Gasteiger partial charge on any atom is 0.254 e. The van der Waals surface area contributed by atoms with Crippen molar-refractivity contribution in [2.24, 2.45) is 0 Å². The Morgan fingerprint density at radius 3 is 2.21 bits per heavy atom. The summed E-state index contributed by atoms with van der Waals surface area (Å²) in [6.45, 7) is 3.54. The first-order valence-electron chi connectivity index (χ1n) is 6.19. The third kappa shape index (κ3) is 3.13. The summed E-state index contributed by atoms with van der Waals surface area (Å²) < 4.78 is 24.2. The van der Waals surface area contributed by atoms with E-state index < -0.39 is 10.0 Å². The Bertz CT molecular complexity index is 575. The first-order chi connectivity index (χ1) is 8.89. The molecule has 1 aromatic rings. The van der Waals surface area contributed by atoms with Crippen LogP contribution < -0.4 is 0 Å². The molecule has 0 bridgehead atoms. The van der Waals surface area contributed by atoms with Crippen LogP contribution in [0.25, 0.3) is 0 Å². The molecule has 19 heavy (non-hydrogen) atoms. The van der Waals surface area contributed by atoms with Crippen LogP contribution in [0, 0.1) is 6.92 Å². The zero-order valence-electron chi connectivity index (χ0n) is 11.2. The van der Waals surface area contributed by atoms with Gasteiger partial charge in [-0.3, -0.25) is 4.79 Å². The number of carbonyl (C=O) groups excluding carboxylic acids is 1. The maximum absolute atomic E-state index is 12.3. The largest absolute Gasteiger partial charge is 0.336 e. The van der Waals surface area contributed by atoms with Crippen LogP contribution in [0.3, 0.4) is 0 Å². The van der Waals surface area contributed by atoms with Gasteiger partial charge in [0.05, 0.1) is 6.26 Å². The molecule has 1 aromatic carbocycles. The van der Waals surface area contributed by atoms with E-state index in [9.17, 15) is 13.2 Å². The standard InChI is InChI=1S/C13H18N2O3S/c1-11-5-3-4-6-12(11)13(16)14-7-9-15(10-8-14)19(2,17)18/h3-6H,7-10H2,1-2H3. The van der Waals surface area contributed by atoms with Crippen LogP contribution in [0.1, 0.15) is 15.9 Å². The van der Waals surface area contributed by atoms with Crippen LogP contribution in [0.5, 0.6) is 0 Å². The van der Waals surface area contributed by atoms with Crippen molar-refractivity contribution in [1.29, 1.82) is 0 Å². The quantitative estimate of drug-likeness (QED) is 0.803. The molecule has 1 aliphatic rings. The molecule has 104 valence electrons. The van der Waals surface area contributed by atoms with E-state index in [0.29, 0.717) is 31.7 Å². The first kappa shape index (κ1) is 14.0. The van der Waals surface area contributed by atoms with E-state index in [-0.39, 0.29) is 5.91 Å². The fourth-order valence-electron chi connectivity index (χ4n) is 2.21. The predicted molar refractivity (Wildman–Crippen MR) is 73.5 cm³/mol. The molecule has 0 aliphatic carbocycles. The molecule has 0 unspecified atom stereocenters. The SMILES string of the molecule is Cc1ccccc1C(=O)N1CCN(S(C)(=O)=O)CC1. The van der Waals surface area contributed by atoms with Gasteiger partial charge in [-0.1, -0.05) is 18.2 Å². The van der Waals surface area contributed by atoms with E-state index in [4.69, 9.17) is 0 Å². The van der Waals surface area contributed by atoms with Crippen molar-refractivity contribution >= 4 is 15.9 Å². The molecule has 1 amide bonds. The minimum absolute atomic E-state index is 0.0220. The lowest BCUT2D eigenvalue weighted by Crippen LogP contribution is -2.50. The molecule has 1 fully saturated rings. The van der Waals surface area contributed by atoms with Gasteiger partial charge in [0.25, 0.3) is 5.91 Å². The summed E-state index contributed by atoms with van der Waals surface area (Å²) in [7, 11) is -3.15. The fraction of sp³-hybridized carbons (Fsp3) is 0.462. The second-order valence-electron chi connectivity index (χ2n) is 4.77. The van der Waals surface area contributed by atoms with Crippen LogP contribution in [0.4, 0.5) is 0 Å². The average molecular weight is 282 g/mol. The van der Waals surface area contributed by atoms with Gasteiger partial charge >= 0.3 is 0 Å². The van der Waals surface area contributed by atoms with Crippen LogP contribution in [-0.2, 0) is 10.0 Å². The third-order valence-electron chi connectivity index (χ3n) is 3.37. The Morgan fingerprint density at radius 2 is 1.68 bits per heavy atom. The van der Waals surface area contributed by atoms with Gasteiger partial charge in [0.15, 0.2) is 0 Å². The molecule has 0 radical (unpaired) electrons. The second kappa shape index (κ2) is 5.30. The molecule has 0 saturated carbocycles. The van der Waals surface area contributed by atoms with Crippen molar-refractivity contribution < 1.29 is 13.2 Å². The van der Waals surface area contributed by atoms with E-state index in [1.165, 1.54) is 10.6 Å². The molecular weight excluding hydrogens is 264 g/mol. The summed E-state index contributed by atoms with van der Waals surface area (Å²) in [6.07, 6.45) is 1.20. The number of benzene rings is 1. The molecule has 1 aliphatic heterocycles. The van der Waals surface area contributed by atoms with Crippen LogP contribution in [0.2, 0.25) is 0 Å². The zero-order valence-corrected chi connectivity index (χ0v) is 12.0. The highest BCUT2D eigenvalue weighted by atomic mass is 32.2. The van der Waals surface area contributed by atoms with Crippen molar-refractivity contribution in [3.63, 3.8) is 0 Å². The number of hydrogen-bond acceptors (Lipinski definition) is 3. The summed E-state index contributed by atoms with van der Waals surface area (Å²) in [6, 6.07) is 7.45. The van der Waals surface area contributed by atoms with Gasteiger partial charge in [-0.15, -0.1) is 0 Å². The minimum Gasteiger partial charge on any atom is -0.336 e. The Labute approximate surface area is 113 Å². The summed E-state index contributed by atoms with van der Waals surface area (Å²) in [5, 5.41) is 0. The molecule has 0 spiro atoms. The molecule has 1 heterocycles. The molecule has 6 heteroatoms. The normalized spacial score (nSPS) is 17.5. The summed E-state index contributed by atoms with van der Waals surface area (Å²) in [5.74, 6) is -0.0220. The molecule has 0 aromatic heterocycles. The molecule has 0 atom stereocenters. The topological polar surface area (TPSA) is 57.7 Å². The van der Waals surface area contributed by atoms with Gasteiger partial charge in [-0.25, -0.2) is 8.42 Å². The van der Waals surface area contributed by atoms with Crippen LogP contribution in [0.15, 0.2) is 24.3 Å². The predicted octanol–water partition coefficient (Wildman–Crippen LogP) is 0.712. The highest BCUT2D eigenvalue weighted by molar-refractivity contribution is 7.88. The van der Waals surface area contributed by atoms with Gasteiger partial charge in [0, 0.05) is 31.7 Å². The average Bonchev–Trinajstić information content (AvgIpc) is 2.38. The fourth-order valence-corrected chi connectivity index (χ4v) is 3.03. The Hall–Kier alpha value is -1.40. The van der Waals surface area contributed by atoms with Gasteiger partial charge in [0.1, 0.15) is 0 Å². The number of amides is 1. The number of sulfonamides is 1. The van der Waals surface area contributed by atoms with E-state index in [1.807, 2.05) is 25.1 Å². The van der Waals surface area contributed by atoms with Crippen molar-refractivity contribution in [3.05, 3.63) is 35.4 Å². The maximum atomic E-state index is 12.3. The number of aryl methyl sites for hydroxylation is 1. The Balaban J connectivity index is 2.07. The Morgan fingerprint density at radius 1 is 1.11 bits per heavy atom. The minimum atomic E-state index is -3.15. The van der Waals surface area contributed by atoms with Gasteiger partial charge < -0.3 is 4.90 Å². The highest BCUT2D eigenvalue weighted by Gasteiger charge is 2.26. The van der Waals surface area contributed by atoms with Crippen molar-refractivity contribution in [2.45, 2.75) is 6.92 Å². The molecule has 1 saturated heterocycles. The second-order valence-corrected chi connectivity index (χ2v) is 6.75. The van der Waals surface area contributed by atoms with Crippen molar-refractivity contribution in [3.8, 4) is 0 Å². The van der Waals surface area contributed by atoms with E-state index in [2.05, 4.69) is 0 Å². The monoisotopic (exact) mass is 282 g/mol. The molecular formula is C13H18N2O3S. The lowest BCUT2D eigenvalue weighted by atomic mass is 10.1. The smallest absolute Gasteiger partial charge is 0.254 e. The Kier molecular flexibility index (Phi) is 3.91. The number of nitrogens with zero attached hydrogens (tertiary/aromatic N) is 2. The zero-order chi connectivity index (χ0) is 14.0. The third-order valence-corrected chi connectivity index (χ3v) is 4.67. The van der Waals surface area contributed by atoms with Crippen LogP contribution in [-0.4, -0.2) is 56.0 Å². The van der Waals surface area contributed by atoms with Gasteiger partial charge in [-0.05, 0) is 18.6 Å². The lowest BCUT2D eigenvalue weighted by molar-refractivity contribution is 0.0697. The number of hydrogen-bond donors (Lipinski definition) is 0. The molecule has 2 rings (SSSR count). The van der Waals surface area contributed by atoms with Gasteiger partial charge in [0.2, 0.25) is 10.0 Å². The van der Waals surface area contributed by atoms with Crippen LogP contribution >= 0.6 is 0 Å². The van der Waals surface area contributed by atoms with Gasteiger partial charge in [-0.2, -0.15) is 4.31 Å². The molecule has 5 nitrogen and oxygen atoms in total. The van der Waals surface area contributed by atoms with E-state index in [0.717, 1.165) is 5.56 Å². The number of piperazine rings is 1. The van der Waals surface area contributed by atoms with E-state index in [1.54, 1.807) is 11.0 Å². The summed E-state index contributed by atoms with van der Waals surface area (Å²) in [4.78, 5) is 14.0. The number of rotatable bonds is 2. The van der Waals surface area contributed by atoms with Crippen molar-refractivity contribution in [2.75, 3.05) is 32.4 Å². The summed E-state index contributed by atoms with van der Waals surface area (Å²) in [5.41, 5.74) is 1.63. The van der Waals surface area contributed by atoms with E-state index >= 15 is 0 Å². The lowest BCUT2D eigenvalue weighted by Gasteiger charge is -2.33. The van der Waals surface area contributed by atoms with Crippen molar-refractivity contribution in [1.82, 2.24) is 9.21 Å². The first-order valence-corrected chi connectivity index (χ1v) is 8.04. The highest BCUT2D eigenvalue weighted by Crippen LogP contribution is 2.13.